The number of benzene rings is 1. The van der Waals surface area contributed by atoms with Crippen LogP contribution < -0.4 is 0 Å². The molecule has 0 atom stereocenters. The number of carbonyl (C=O) groups excluding carboxylic acids is 1. The van der Waals surface area contributed by atoms with E-state index in [0.29, 0.717) is 5.56 Å². The molecule has 0 aromatic heterocycles. The van der Waals surface area contributed by atoms with Gasteiger partial charge in [-0.15, -0.1) is 0 Å². The number of Topliss-reactive ketones (excluding diaryl/α,β-unsaturated/α-hetero) is 1. The third-order valence-corrected chi connectivity index (χ3v) is 1.98. The number of ketones is 1. The Bertz CT molecular complexity index is 516. The number of carbonyl (C=O) groups is 1. The number of allylic oxidation sites excluding steroid dienone is 3. The van der Waals surface area contributed by atoms with Crippen molar-refractivity contribution < 1.29 is 15.0 Å². The van der Waals surface area contributed by atoms with E-state index in [9.17, 15) is 15.0 Å². The number of phenols is 2. The van der Waals surface area contributed by atoms with Crippen LogP contribution in [0, 0.1) is 11.3 Å². The van der Waals surface area contributed by atoms with Gasteiger partial charge in [-0.25, -0.2) is 0 Å². The van der Waals surface area contributed by atoms with Crippen molar-refractivity contribution >= 4 is 11.9 Å². The average molecular weight is 229 g/mol. The fourth-order valence-electron chi connectivity index (χ4n) is 1.20. The Labute approximate surface area is 98.7 Å². The third kappa shape index (κ3) is 3.84. The SMILES string of the molecule is CC(=O)/C(C#N)=C/C=C/c1cc(O)cc(O)c1. The summed E-state index contributed by atoms with van der Waals surface area (Å²) in [4.78, 5) is 10.9. The zero-order chi connectivity index (χ0) is 12.8. The zero-order valence-electron chi connectivity index (χ0n) is 9.21. The smallest absolute Gasteiger partial charge is 0.170 e. The summed E-state index contributed by atoms with van der Waals surface area (Å²) >= 11 is 0. The normalized spacial score (nSPS) is 11.4. The summed E-state index contributed by atoms with van der Waals surface area (Å²) in [6, 6.07) is 5.88. The Morgan fingerprint density at radius 3 is 2.35 bits per heavy atom. The Kier molecular flexibility index (Phi) is 4.07. The van der Waals surface area contributed by atoms with Gasteiger partial charge in [0.2, 0.25) is 0 Å². The van der Waals surface area contributed by atoms with E-state index >= 15 is 0 Å². The van der Waals surface area contributed by atoms with Crippen LogP contribution in [0.2, 0.25) is 0 Å². The van der Waals surface area contributed by atoms with Crippen LogP contribution in [0.3, 0.4) is 0 Å². The van der Waals surface area contributed by atoms with Gasteiger partial charge in [-0.2, -0.15) is 5.26 Å². The largest absolute Gasteiger partial charge is 0.508 e. The lowest BCUT2D eigenvalue weighted by atomic mass is 10.1. The second-order valence-corrected chi connectivity index (χ2v) is 3.39. The summed E-state index contributed by atoms with van der Waals surface area (Å²) < 4.78 is 0. The van der Waals surface area contributed by atoms with Crippen molar-refractivity contribution in [2.24, 2.45) is 0 Å². The van der Waals surface area contributed by atoms with E-state index in [-0.39, 0.29) is 22.9 Å². The Morgan fingerprint density at radius 2 is 1.88 bits per heavy atom. The molecular formula is C13H11NO3. The minimum absolute atomic E-state index is 0.0469. The third-order valence-electron chi connectivity index (χ3n) is 1.98. The monoisotopic (exact) mass is 229 g/mol. The molecule has 0 spiro atoms. The summed E-state index contributed by atoms with van der Waals surface area (Å²) in [5.41, 5.74) is 0.616. The molecule has 0 saturated carbocycles. The van der Waals surface area contributed by atoms with E-state index < -0.39 is 0 Å². The predicted octanol–water partition coefficient (Wildman–Crippen LogP) is 2.15. The molecule has 1 rings (SSSR count). The minimum atomic E-state index is -0.309. The maximum atomic E-state index is 10.9. The molecule has 0 unspecified atom stereocenters. The highest BCUT2D eigenvalue weighted by Crippen LogP contribution is 2.21. The van der Waals surface area contributed by atoms with Crippen LogP contribution in [-0.4, -0.2) is 16.0 Å². The van der Waals surface area contributed by atoms with Crippen molar-refractivity contribution in [2.45, 2.75) is 6.92 Å². The van der Waals surface area contributed by atoms with Gasteiger partial charge in [-0.1, -0.05) is 12.2 Å². The van der Waals surface area contributed by atoms with E-state index in [0.717, 1.165) is 0 Å². The molecule has 0 radical (unpaired) electrons. The molecule has 4 nitrogen and oxygen atoms in total. The topological polar surface area (TPSA) is 81.3 Å². The summed E-state index contributed by atoms with van der Waals surface area (Å²) in [5.74, 6) is -0.419. The summed E-state index contributed by atoms with van der Waals surface area (Å²) in [5, 5.41) is 27.1. The highest BCUT2D eigenvalue weighted by atomic mass is 16.3. The molecule has 2 N–H and O–H groups in total. The molecule has 0 saturated heterocycles. The molecule has 1 aromatic carbocycles. The first-order valence-electron chi connectivity index (χ1n) is 4.85. The molecule has 86 valence electrons. The van der Waals surface area contributed by atoms with Crippen LogP contribution in [-0.2, 0) is 4.79 Å². The van der Waals surface area contributed by atoms with Gasteiger partial charge < -0.3 is 10.2 Å². The van der Waals surface area contributed by atoms with Crippen molar-refractivity contribution in [2.75, 3.05) is 0 Å². The van der Waals surface area contributed by atoms with Crippen LogP contribution >= 0.6 is 0 Å². The molecule has 0 aliphatic rings. The van der Waals surface area contributed by atoms with Gasteiger partial charge in [0.15, 0.2) is 5.78 Å². The van der Waals surface area contributed by atoms with Crippen LogP contribution in [0.5, 0.6) is 11.5 Å². The lowest BCUT2D eigenvalue weighted by molar-refractivity contribution is -0.113. The Morgan fingerprint density at radius 1 is 1.29 bits per heavy atom. The van der Waals surface area contributed by atoms with Gasteiger partial charge in [0, 0.05) is 6.07 Å². The van der Waals surface area contributed by atoms with E-state index in [1.807, 2.05) is 0 Å². The quantitative estimate of drug-likeness (QED) is 0.472. The Balaban J connectivity index is 2.92. The fourth-order valence-corrected chi connectivity index (χ4v) is 1.20. The van der Waals surface area contributed by atoms with Crippen molar-refractivity contribution in [1.82, 2.24) is 0 Å². The van der Waals surface area contributed by atoms with Gasteiger partial charge in [-0.3, -0.25) is 4.79 Å². The van der Waals surface area contributed by atoms with Crippen LogP contribution in [0.15, 0.2) is 35.9 Å². The van der Waals surface area contributed by atoms with Gasteiger partial charge in [0.05, 0.1) is 5.57 Å². The predicted molar refractivity (Wildman–Crippen MR) is 63.2 cm³/mol. The molecular weight excluding hydrogens is 218 g/mol. The second kappa shape index (κ2) is 5.52. The van der Waals surface area contributed by atoms with Crippen LogP contribution in [0.4, 0.5) is 0 Å². The summed E-state index contributed by atoms with van der Waals surface area (Å²) in [6.45, 7) is 1.31. The maximum absolute atomic E-state index is 10.9. The second-order valence-electron chi connectivity index (χ2n) is 3.39. The number of nitriles is 1. The highest BCUT2D eigenvalue weighted by molar-refractivity contribution is 5.97. The van der Waals surface area contributed by atoms with Gasteiger partial charge in [0.25, 0.3) is 0 Å². The van der Waals surface area contributed by atoms with Crippen LogP contribution in [0.25, 0.3) is 6.08 Å². The standard InChI is InChI=1S/C13H11NO3/c1-9(15)11(8-14)4-2-3-10-5-12(16)7-13(17)6-10/h2-7,16-17H,1H3/b3-2+,11-4+. The number of hydrogen-bond acceptors (Lipinski definition) is 4. The van der Waals surface area contributed by atoms with Gasteiger partial charge >= 0.3 is 0 Å². The molecule has 0 amide bonds. The van der Waals surface area contributed by atoms with Gasteiger partial charge in [0.1, 0.15) is 17.6 Å². The van der Waals surface area contributed by atoms with E-state index in [1.165, 1.54) is 37.3 Å². The molecule has 0 fully saturated rings. The van der Waals surface area contributed by atoms with Gasteiger partial charge in [-0.05, 0) is 30.7 Å². The van der Waals surface area contributed by atoms with Crippen LogP contribution in [0.1, 0.15) is 12.5 Å². The minimum Gasteiger partial charge on any atom is -0.508 e. The molecule has 4 heteroatoms. The fraction of sp³-hybridized carbons (Fsp3) is 0.0769. The molecule has 0 heterocycles. The van der Waals surface area contributed by atoms with Crippen molar-refractivity contribution in [3.63, 3.8) is 0 Å². The van der Waals surface area contributed by atoms with E-state index in [4.69, 9.17) is 5.26 Å². The lowest BCUT2D eigenvalue weighted by Gasteiger charge is -1.97. The van der Waals surface area contributed by atoms with Crippen molar-refractivity contribution in [3.05, 3.63) is 41.5 Å². The number of aromatic hydroxyl groups is 2. The number of hydrogen-bond donors (Lipinski definition) is 2. The molecule has 17 heavy (non-hydrogen) atoms. The Hall–Kier alpha value is -2.54. The number of rotatable bonds is 3. The van der Waals surface area contributed by atoms with Crippen molar-refractivity contribution in [3.8, 4) is 17.6 Å². The van der Waals surface area contributed by atoms with E-state index in [1.54, 1.807) is 12.1 Å². The molecule has 0 aliphatic carbocycles. The molecule has 0 bridgehead atoms. The summed E-state index contributed by atoms with van der Waals surface area (Å²) in [7, 11) is 0. The molecule has 0 aliphatic heterocycles. The average Bonchev–Trinajstić information content (AvgIpc) is 2.22. The zero-order valence-corrected chi connectivity index (χ0v) is 9.21. The number of phenolic OH excluding ortho intramolecular Hbond substituents is 2. The van der Waals surface area contributed by atoms with Crippen molar-refractivity contribution in [1.29, 1.82) is 5.26 Å². The first kappa shape index (κ1) is 12.5. The maximum Gasteiger partial charge on any atom is 0.170 e. The first-order valence-corrected chi connectivity index (χ1v) is 4.85. The molecule has 1 aromatic rings. The van der Waals surface area contributed by atoms with E-state index in [2.05, 4.69) is 0 Å². The summed E-state index contributed by atoms with van der Waals surface area (Å²) in [6.07, 6.45) is 4.46. The lowest BCUT2D eigenvalue weighted by Crippen LogP contribution is -1.91. The highest BCUT2D eigenvalue weighted by Gasteiger charge is 1.99. The first-order chi connectivity index (χ1) is 8.02. The number of nitrogens with zero attached hydrogens (tertiary/aromatic N) is 1.